The summed E-state index contributed by atoms with van der Waals surface area (Å²) in [6.07, 6.45) is -4.67. The van der Waals surface area contributed by atoms with Gasteiger partial charge in [-0.1, -0.05) is 29.0 Å². The summed E-state index contributed by atoms with van der Waals surface area (Å²) in [5.41, 5.74) is 1.13. The Morgan fingerprint density at radius 2 is 1.90 bits per heavy atom. The molecular formula is C13H14F3N3OS. The van der Waals surface area contributed by atoms with Crippen LogP contribution in [0, 0.1) is 6.92 Å². The Morgan fingerprint density at radius 1 is 1.24 bits per heavy atom. The number of hydrogen-bond donors (Lipinski definition) is 1. The molecule has 1 unspecified atom stereocenters. The van der Waals surface area contributed by atoms with Gasteiger partial charge in [0.2, 0.25) is 10.1 Å². The Morgan fingerprint density at radius 3 is 2.48 bits per heavy atom. The molecule has 1 N–H and O–H groups in total. The van der Waals surface area contributed by atoms with Crippen LogP contribution in [0.15, 0.2) is 24.3 Å². The van der Waals surface area contributed by atoms with Gasteiger partial charge >= 0.3 is 6.18 Å². The molecule has 0 bridgehead atoms. The van der Waals surface area contributed by atoms with E-state index in [4.69, 9.17) is 4.74 Å². The Labute approximate surface area is 124 Å². The number of benzene rings is 1. The van der Waals surface area contributed by atoms with Crippen molar-refractivity contribution in [2.45, 2.75) is 26.1 Å². The van der Waals surface area contributed by atoms with E-state index in [-0.39, 0.29) is 11.2 Å². The minimum Gasteiger partial charge on any atom is -0.489 e. The van der Waals surface area contributed by atoms with E-state index in [1.807, 2.05) is 38.1 Å². The topological polar surface area (TPSA) is 47.0 Å². The average molecular weight is 317 g/mol. The van der Waals surface area contributed by atoms with E-state index in [1.54, 1.807) is 0 Å². The van der Waals surface area contributed by atoms with Gasteiger partial charge in [0, 0.05) is 0 Å². The summed E-state index contributed by atoms with van der Waals surface area (Å²) in [6.45, 7) is 4.13. The molecule has 8 heteroatoms. The Kier molecular flexibility index (Phi) is 4.66. The summed E-state index contributed by atoms with van der Waals surface area (Å²) < 4.78 is 42.8. The number of nitrogens with one attached hydrogen (secondary N) is 1. The molecule has 0 aliphatic heterocycles. The molecule has 0 amide bonds. The molecule has 1 heterocycles. The van der Waals surface area contributed by atoms with Crippen molar-refractivity contribution in [3.05, 3.63) is 34.8 Å². The van der Waals surface area contributed by atoms with Crippen molar-refractivity contribution < 1.29 is 17.9 Å². The first kappa shape index (κ1) is 15.6. The number of hydrogen-bond acceptors (Lipinski definition) is 5. The first-order valence-corrected chi connectivity index (χ1v) is 7.04. The molecule has 0 aliphatic rings. The molecule has 0 spiro atoms. The van der Waals surface area contributed by atoms with Crippen LogP contribution in [0.2, 0.25) is 0 Å². The maximum atomic E-state index is 12.4. The highest BCUT2D eigenvalue weighted by molar-refractivity contribution is 7.15. The maximum absolute atomic E-state index is 12.4. The number of aryl methyl sites for hydroxylation is 1. The van der Waals surface area contributed by atoms with E-state index in [9.17, 15) is 13.2 Å². The lowest BCUT2D eigenvalue weighted by Gasteiger charge is -2.15. The molecule has 2 aromatic rings. The molecule has 114 valence electrons. The molecule has 1 aromatic carbocycles. The lowest BCUT2D eigenvalue weighted by molar-refractivity contribution is -0.138. The van der Waals surface area contributed by atoms with E-state index in [2.05, 4.69) is 15.5 Å². The zero-order valence-electron chi connectivity index (χ0n) is 11.4. The van der Waals surface area contributed by atoms with Crippen LogP contribution >= 0.6 is 11.3 Å². The molecule has 0 fully saturated rings. The summed E-state index contributed by atoms with van der Waals surface area (Å²) in [6, 6.07) is 7.54. The summed E-state index contributed by atoms with van der Waals surface area (Å²) in [5.74, 6) is 0.711. The summed E-state index contributed by atoms with van der Waals surface area (Å²) in [4.78, 5) is 0. The van der Waals surface area contributed by atoms with E-state index in [0.717, 1.165) is 5.56 Å². The molecule has 1 aromatic heterocycles. The van der Waals surface area contributed by atoms with E-state index < -0.39 is 11.2 Å². The number of anilines is 1. The van der Waals surface area contributed by atoms with Gasteiger partial charge in [-0.25, -0.2) is 0 Å². The van der Waals surface area contributed by atoms with E-state index in [1.165, 1.54) is 0 Å². The van der Waals surface area contributed by atoms with Gasteiger partial charge in [0.15, 0.2) is 0 Å². The minimum atomic E-state index is -4.46. The zero-order chi connectivity index (χ0) is 15.5. The van der Waals surface area contributed by atoms with Crippen molar-refractivity contribution in [2.24, 2.45) is 0 Å². The van der Waals surface area contributed by atoms with Crippen LogP contribution in [-0.4, -0.2) is 22.8 Å². The zero-order valence-corrected chi connectivity index (χ0v) is 12.3. The molecule has 0 aliphatic carbocycles. The highest BCUT2D eigenvalue weighted by Crippen LogP contribution is 2.32. The molecule has 4 nitrogen and oxygen atoms in total. The molecular weight excluding hydrogens is 303 g/mol. The Bertz CT molecular complexity index is 583. The summed E-state index contributed by atoms with van der Waals surface area (Å²) in [7, 11) is 0. The number of ether oxygens (including phenoxy) is 1. The molecule has 0 saturated heterocycles. The summed E-state index contributed by atoms with van der Waals surface area (Å²) in [5, 5.41) is 8.51. The van der Waals surface area contributed by atoms with Crippen molar-refractivity contribution in [3.63, 3.8) is 0 Å². The standard InChI is InChI=1S/C13H14F3N3OS/c1-8-3-5-10(6-4-8)20-9(2)7-17-12-19-18-11(21-12)13(14,15)16/h3-6,9H,7H2,1-2H3,(H,17,19). The number of nitrogens with zero attached hydrogens (tertiary/aromatic N) is 2. The number of rotatable bonds is 5. The fourth-order valence-corrected chi connectivity index (χ4v) is 2.15. The Hall–Kier alpha value is -1.83. The second-order valence-electron chi connectivity index (χ2n) is 4.53. The fraction of sp³-hybridized carbons (Fsp3) is 0.385. The van der Waals surface area contributed by atoms with Gasteiger partial charge in [0.25, 0.3) is 0 Å². The SMILES string of the molecule is Cc1ccc(OC(C)CNc2nnc(C(F)(F)F)s2)cc1. The quantitative estimate of drug-likeness (QED) is 0.912. The second-order valence-corrected chi connectivity index (χ2v) is 5.51. The van der Waals surface area contributed by atoms with Gasteiger partial charge in [-0.15, -0.1) is 10.2 Å². The van der Waals surface area contributed by atoms with Crippen LogP contribution < -0.4 is 10.1 Å². The van der Waals surface area contributed by atoms with Gasteiger partial charge in [-0.3, -0.25) is 0 Å². The highest BCUT2D eigenvalue weighted by atomic mass is 32.1. The Balaban J connectivity index is 1.85. The van der Waals surface area contributed by atoms with Crippen LogP contribution in [0.3, 0.4) is 0 Å². The second kappa shape index (κ2) is 6.30. The van der Waals surface area contributed by atoms with Crippen LogP contribution in [0.1, 0.15) is 17.5 Å². The lowest BCUT2D eigenvalue weighted by atomic mass is 10.2. The van der Waals surface area contributed by atoms with E-state index >= 15 is 0 Å². The van der Waals surface area contributed by atoms with Crippen molar-refractivity contribution >= 4 is 16.5 Å². The predicted octanol–water partition coefficient (Wildman–Crippen LogP) is 3.74. The van der Waals surface area contributed by atoms with Crippen LogP contribution in [0.5, 0.6) is 5.75 Å². The normalized spacial score (nSPS) is 13.0. The van der Waals surface area contributed by atoms with Crippen LogP contribution in [0.25, 0.3) is 0 Å². The largest absolute Gasteiger partial charge is 0.489 e. The van der Waals surface area contributed by atoms with Gasteiger partial charge in [0.1, 0.15) is 11.9 Å². The fourth-order valence-electron chi connectivity index (χ4n) is 1.53. The number of alkyl halides is 3. The van der Waals surface area contributed by atoms with Gasteiger partial charge in [-0.05, 0) is 26.0 Å². The van der Waals surface area contributed by atoms with Crippen LogP contribution in [0.4, 0.5) is 18.3 Å². The van der Waals surface area contributed by atoms with Crippen molar-refractivity contribution in [1.82, 2.24) is 10.2 Å². The molecule has 1 atom stereocenters. The molecule has 0 saturated carbocycles. The predicted molar refractivity (Wildman–Crippen MR) is 74.7 cm³/mol. The third-order valence-corrected chi connectivity index (χ3v) is 3.49. The monoisotopic (exact) mass is 317 g/mol. The molecule has 2 rings (SSSR count). The number of halogens is 3. The smallest absolute Gasteiger partial charge is 0.445 e. The van der Waals surface area contributed by atoms with Crippen LogP contribution in [-0.2, 0) is 6.18 Å². The molecule has 21 heavy (non-hydrogen) atoms. The number of aromatic nitrogens is 2. The lowest BCUT2D eigenvalue weighted by Crippen LogP contribution is -2.22. The van der Waals surface area contributed by atoms with Gasteiger partial charge < -0.3 is 10.1 Å². The summed E-state index contributed by atoms with van der Waals surface area (Å²) >= 11 is 0.476. The van der Waals surface area contributed by atoms with E-state index in [0.29, 0.717) is 23.6 Å². The van der Waals surface area contributed by atoms with Gasteiger partial charge in [-0.2, -0.15) is 13.2 Å². The van der Waals surface area contributed by atoms with Crippen molar-refractivity contribution in [1.29, 1.82) is 0 Å². The first-order valence-electron chi connectivity index (χ1n) is 6.22. The van der Waals surface area contributed by atoms with Crippen molar-refractivity contribution in [3.8, 4) is 5.75 Å². The first-order chi connectivity index (χ1) is 9.84. The third-order valence-electron chi connectivity index (χ3n) is 2.57. The highest BCUT2D eigenvalue weighted by Gasteiger charge is 2.35. The maximum Gasteiger partial charge on any atom is 0.445 e. The third kappa shape index (κ3) is 4.59. The van der Waals surface area contributed by atoms with Gasteiger partial charge in [0.05, 0.1) is 6.54 Å². The minimum absolute atomic E-state index is 0.127. The van der Waals surface area contributed by atoms with Crippen molar-refractivity contribution in [2.75, 3.05) is 11.9 Å². The molecule has 0 radical (unpaired) electrons. The average Bonchev–Trinajstić information content (AvgIpc) is 2.88.